The van der Waals surface area contributed by atoms with Crippen molar-refractivity contribution in [3.05, 3.63) is 64.7 Å². The Bertz CT molecular complexity index is 790. The summed E-state index contributed by atoms with van der Waals surface area (Å²) in [5.41, 5.74) is 2.00. The van der Waals surface area contributed by atoms with Gasteiger partial charge >= 0.3 is 0 Å². The Hall–Kier alpha value is -1.62. The van der Waals surface area contributed by atoms with Crippen LogP contribution in [-0.2, 0) is 10.0 Å². The molecular formula is C18H18ClNO2S. The number of halogens is 1. The minimum Gasteiger partial charge on any atom is -0.207 e. The molecule has 0 amide bonds. The van der Waals surface area contributed by atoms with Gasteiger partial charge in [0, 0.05) is 18.1 Å². The molecule has 1 heterocycles. The van der Waals surface area contributed by atoms with Crippen LogP contribution >= 0.6 is 11.6 Å². The van der Waals surface area contributed by atoms with Crippen LogP contribution in [0, 0.1) is 0 Å². The number of hydrogen-bond acceptors (Lipinski definition) is 2. The highest BCUT2D eigenvalue weighted by Crippen LogP contribution is 2.21. The molecule has 0 aromatic heterocycles. The molecule has 5 heteroatoms. The topological polar surface area (TPSA) is 37.4 Å². The van der Waals surface area contributed by atoms with Crippen molar-refractivity contribution in [1.29, 1.82) is 0 Å². The second kappa shape index (κ2) is 6.87. The molecule has 2 aromatic carbocycles. The lowest BCUT2D eigenvalue weighted by atomic mass is 10.1. The zero-order valence-electron chi connectivity index (χ0n) is 12.7. The number of nitrogens with zero attached hydrogens (tertiary/aromatic N) is 1. The molecule has 0 spiro atoms. The van der Waals surface area contributed by atoms with Crippen molar-refractivity contribution in [1.82, 2.24) is 4.31 Å². The number of sulfonamides is 1. The van der Waals surface area contributed by atoms with Crippen LogP contribution in [0.3, 0.4) is 0 Å². The summed E-state index contributed by atoms with van der Waals surface area (Å²) in [5, 5.41) is 0.707. The van der Waals surface area contributed by atoms with Gasteiger partial charge in [0.2, 0.25) is 10.0 Å². The Labute approximate surface area is 142 Å². The highest BCUT2D eigenvalue weighted by Gasteiger charge is 2.26. The summed E-state index contributed by atoms with van der Waals surface area (Å²) in [6, 6.07) is 14.6. The van der Waals surface area contributed by atoms with Crippen LogP contribution in [0.4, 0.5) is 0 Å². The van der Waals surface area contributed by atoms with Crippen LogP contribution in [0.5, 0.6) is 0 Å². The highest BCUT2D eigenvalue weighted by molar-refractivity contribution is 7.89. The first-order valence-corrected chi connectivity index (χ1v) is 9.41. The minimum absolute atomic E-state index is 0.364. The summed E-state index contributed by atoms with van der Waals surface area (Å²) >= 11 is 5.86. The van der Waals surface area contributed by atoms with Gasteiger partial charge in [-0.15, -0.1) is 0 Å². The lowest BCUT2D eigenvalue weighted by Gasteiger charge is -2.15. The number of rotatable bonds is 4. The predicted molar refractivity (Wildman–Crippen MR) is 94.8 cm³/mol. The summed E-state index contributed by atoms with van der Waals surface area (Å²) in [6.07, 6.45) is 5.82. The SMILES string of the molecule is O=S(=O)(c1ccc(/C=C/c2ccc(Cl)cc2)cc1)N1CCCC1. The maximum Gasteiger partial charge on any atom is 0.243 e. The van der Waals surface area contributed by atoms with Gasteiger partial charge < -0.3 is 0 Å². The van der Waals surface area contributed by atoms with Crippen LogP contribution < -0.4 is 0 Å². The molecule has 0 N–H and O–H groups in total. The first-order chi connectivity index (χ1) is 11.1. The van der Waals surface area contributed by atoms with Crippen molar-refractivity contribution in [3.8, 4) is 0 Å². The quantitative estimate of drug-likeness (QED) is 0.773. The smallest absolute Gasteiger partial charge is 0.207 e. The maximum atomic E-state index is 12.5. The van der Waals surface area contributed by atoms with Gasteiger partial charge in [-0.2, -0.15) is 4.31 Å². The van der Waals surface area contributed by atoms with Crippen molar-refractivity contribution in [2.75, 3.05) is 13.1 Å². The Morgan fingerprint density at radius 1 is 0.826 bits per heavy atom. The Kier molecular flexibility index (Phi) is 4.85. The minimum atomic E-state index is -3.33. The van der Waals surface area contributed by atoms with Crippen molar-refractivity contribution >= 4 is 33.8 Å². The molecule has 3 nitrogen and oxygen atoms in total. The van der Waals surface area contributed by atoms with Gasteiger partial charge in [0.15, 0.2) is 0 Å². The molecule has 0 unspecified atom stereocenters. The zero-order chi connectivity index (χ0) is 16.3. The van der Waals surface area contributed by atoms with Crippen molar-refractivity contribution < 1.29 is 8.42 Å². The molecule has 0 radical (unpaired) electrons. The van der Waals surface area contributed by atoms with E-state index in [4.69, 9.17) is 11.6 Å². The molecule has 0 saturated carbocycles. The van der Waals surface area contributed by atoms with Crippen LogP contribution in [0.1, 0.15) is 24.0 Å². The fourth-order valence-electron chi connectivity index (χ4n) is 2.59. The normalized spacial score (nSPS) is 16.2. The third-order valence-corrected chi connectivity index (χ3v) is 6.09. The Balaban J connectivity index is 1.75. The van der Waals surface area contributed by atoms with E-state index in [1.807, 2.05) is 48.6 Å². The van der Waals surface area contributed by atoms with E-state index in [1.165, 1.54) is 0 Å². The number of hydrogen-bond donors (Lipinski definition) is 0. The third kappa shape index (κ3) is 3.83. The standard InChI is InChI=1S/C18H18ClNO2S/c19-17-9-5-15(6-10-17)3-4-16-7-11-18(12-8-16)23(21,22)20-13-1-2-14-20/h3-12H,1-2,13-14H2/b4-3+. The molecular weight excluding hydrogens is 330 g/mol. The molecule has 3 rings (SSSR count). The molecule has 1 saturated heterocycles. The highest BCUT2D eigenvalue weighted by atomic mass is 35.5. The monoisotopic (exact) mass is 347 g/mol. The van der Waals surface area contributed by atoms with E-state index >= 15 is 0 Å². The van der Waals surface area contributed by atoms with Gasteiger partial charge in [-0.05, 0) is 48.2 Å². The van der Waals surface area contributed by atoms with E-state index in [0.29, 0.717) is 23.0 Å². The average Bonchev–Trinajstić information content (AvgIpc) is 3.10. The Morgan fingerprint density at radius 2 is 1.30 bits per heavy atom. The van der Waals surface area contributed by atoms with Crippen LogP contribution in [-0.4, -0.2) is 25.8 Å². The van der Waals surface area contributed by atoms with Crippen LogP contribution in [0.25, 0.3) is 12.2 Å². The third-order valence-electron chi connectivity index (χ3n) is 3.92. The van der Waals surface area contributed by atoms with Crippen molar-refractivity contribution in [2.45, 2.75) is 17.7 Å². The zero-order valence-corrected chi connectivity index (χ0v) is 14.2. The van der Waals surface area contributed by atoms with Gasteiger partial charge in [-0.25, -0.2) is 8.42 Å². The van der Waals surface area contributed by atoms with Gasteiger partial charge in [0.05, 0.1) is 4.90 Å². The fraction of sp³-hybridized carbons (Fsp3) is 0.222. The molecule has 120 valence electrons. The van der Waals surface area contributed by atoms with Gasteiger partial charge in [-0.1, -0.05) is 48.0 Å². The largest absolute Gasteiger partial charge is 0.243 e. The average molecular weight is 348 g/mol. The molecule has 2 aromatic rings. The fourth-order valence-corrected chi connectivity index (χ4v) is 4.24. The molecule has 1 fully saturated rings. The predicted octanol–water partition coefficient (Wildman–Crippen LogP) is 4.29. The molecule has 1 aliphatic rings. The van der Waals surface area contributed by atoms with E-state index in [2.05, 4.69) is 0 Å². The van der Waals surface area contributed by atoms with Crippen LogP contribution in [0.2, 0.25) is 5.02 Å². The van der Waals surface area contributed by atoms with E-state index in [1.54, 1.807) is 16.4 Å². The van der Waals surface area contributed by atoms with Crippen LogP contribution in [0.15, 0.2) is 53.4 Å². The van der Waals surface area contributed by atoms with E-state index in [-0.39, 0.29) is 0 Å². The molecule has 1 aliphatic heterocycles. The summed E-state index contributed by atoms with van der Waals surface area (Å²) in [4.78, 5) is 0.364. The summed E-state index contributed by atoms with van der Waals surface area (Å²) in [5.74, 6) is 0. The molecule has 0 bridgehead atoms. The molecule has 0 atom stereocenters. The Morgan fingerprint density at radius 3 is 1.83 bits per heavy atom. The summed E-state index contributed by atoms with van der Waals surface area (Å²) < 4.78 is 26.5. The van der Waals surface area contributed by atoms with Gasteiger partial charge in [0.25, 0.3) is 0 Å². The second-order valence-corrected chi connectivity index (χ2v) is 7.94. The first kappa shape index (κ1) is 16.2. The lowest BCUT2D eigenvalue weighted by molar-refractivity contribution is 0.477. The van der Waals surface area contributed by atoms with Gasteiger partial charge in [-0.3, -0.25) is 0 Å². The molecule has 23 heavy (non-hydrogen) atoms. The second-order valence-electron chi connectivity index (χ2n) is 5.57. The summed E-state index contributed by atoms with van der Waals surface area (Å²) in [6.45, 7) is 1.25. The summed E-state index contributed by atoms with van der Waals surface area (Å²) in [7, 11) is -3.33. The van der Waals surface area contributed by atoms with E-state index in [0.717, 1.165) is 24.0 Å². The number of benzene rings is 2. The van der Waals surface area contributed by atoms with E-state index in [9.17, 15) is 8.42 Å². The molecule has 0 aliphatic carbocycles. The first-order valence-electron chi connectivity index (χ1n) is 7.59. The lowest BCUT2D eigenvalue weighted by Crippen LogP contribution is -2.27. The van der Waals surface area contributed by atoms with Gasteiger partial charge in [0.1, 0.15) is 0 Å². The van der Waals surface area contributed by atoms with Crippen molar-refractivity contribution in [2.24, 2.45) is 0 Å². The maximum absolute atomic E-state index is 12.5. The van der Waals surface area contributed by atoms with E-state index < -0.39 is 10.0 Å². The van der Waals surface area contributed by atoms with Crippen molar-refractivity contribution in [3.63, 3.8) is 0 Å².